The van der Waals surface area contributed by atoms with E-state index in [1.807, 2.05) is 5.43 Å². The Morgan fingerprint density at radius 1 is 1.50 bits per heavy atom. The summed E-state index contributed by atoms with van der Waals surface area (Å²) >= 11 is 4.97. The van der Waals surface area contributed by atoms with Crippen molar-refractivity contribution >= 4 is 11.6 Å². The molecule has 1 atom stereocenters. The van der Waals surface area contributed by atoms with E-state index < -0.39 is 11.4 Å². The predicted octanol–water partition coefficient (Wildman–Crippen LogP) is 2.34. The number of benzene rings is 1. The zero-order chi connectivity index (χ0) is 12.3. The predicted molar refractivity (Wildman–Crippen MR) is 58.6 cm³/mol. The minimum atomic E-state index is -3.45. The van der Waals surface area contributed by atoms with Crippen LogP contribution in [0.5, 0.6) is 5.75 Å². The number of nitrogens with one attached hydrogen (secondary N) is 1. The van der Waals surface area contributed by atoms with Crippen molar-refractivity contribution < 1.29 is 13.5 Å². The lowest BCUT2D eigenvalue weighted by molar-refractivity contribution is 0.0495. The van der Waals surface area contributed by atoms with Gasteiger partial charge in [-0.1, -0.05) is 6.07 Å². The van der Waals surface area contributed by atoms with Crippen LogP contribution in [-0.4, -0.2) is 12.5 Å². The lowest BCUT2D eigenvalue weighted by Crippen LogP contribution is -2.38. The Morgan fingerprint density at radius 3 is 2.50 bits per heavy atom. The fraction of sp³-hybridized carbons (Fsp3) is 0.400. The maximum absolute atomic E-state index is 13.0. The number of ether oxygens (including phenoxy) is 1. The van der Waals surface area contributed by atoms with E-state index in [0.717, 1.165) is 0 Å². The number of hydrogen-bond donors (Lipinski definition) is 2. The van der Waals surface area contributed by atoms with Crippen LogP contribution in [0.2, 0.25) is 0 Å². The monoisotopic (exact) mass is 250 g/mol. The number of methoxy groups -OCH3 is 1. The zero-order valence-electron chi connectivity index (χ0n) is 8.93. The largest absolute Gasteiger partial charge is 0.497 e. The molecule has 6 heteroatoms. The summed E-state index contributed by atoms with van der Waals surface area (Å²) in [4.78, 5) is 0. The summed E-state index contributed by atoms with van der Waals surface area (Å²) in [6.07, 6.45) is 0. The van der Waals surface area contributed by atoms with Crippen molar-refractivity contribution in [3.8, 4) is 5.75 Å². The first kappa shape index (κ1) is 13.2. The van der Waals surface area contributed by atoms with Gasteiger partial charge in [0.2, 0.25) is 0 Å². The van der Waals surface area contributed by atoms with Gasteiger partial charge in [0.25, 0.3) is 0 Å². The van der Waals surface area contributed by atoms with Gasteiger partial charge in [-0.2, -0.15) is 8.78 Å². The van der Waals surface area contributed by atoms with Crippen molar-refractivity contribution in [3.05, 3.63) is 29.3 Å². The zero-order valence-corrected chi connectivity index (χ0v) is 9.68. The van der Waals surface area contributed by atoms with Gasteiger partial charge in [-0.15, -0.1) is 0 Å². The summed E-state index contributed by atoms with van der Waals surface area (Å²) < 4.78 is 31.0. The van der Waals surface area contributed by atoms with Crippen molar-refractivity contribution in [2.45, 2.75) is 18.3 Å². The Morgan fingerprint density at radius 2 is 2.12 bits per heavy atom. The lowest BCUT2D eigenvalue weighted by Gasteiger charge is -2.22. The molecule has 0 heterocycles. The van der Waals surface area contributed by atoms with E-state index >= 15 is 0 Å². The van der Waals surface area contributed by atoms with Gasteiger partial charge >= 0.3 is 5.38 Å². The molecule has 1 aromatic rings. The van der Waals surface area contributed by atoms with Gasteiger partial charge in [0, 0.05) is 0 Å². The molecule has 0 aromatic heterocycles. The third-order valence-electron chi connectivity index (χ3n) is 2.28. The first-order valence-electron chi connectivity index (χ1n) is 4.57. The summed E-state index contributed by atoms with van der Waals surface area (Å²) in [5.41, 5.74) is 2.98. The van der Waals surface area contributed by atoms with Crippen LogP contribution in [-0.2, 0) is 0 Å². The molecular weight excluding hydrogens is 238 g/mol. The quantitative estimate of drug-likeness (QED) is 0.490. The Kier molecular flexibility index (Phi) is 4.07. The molecule has 1 unspecified atom stereocenters. The molecule has 0 saturated heterocycles. The Labute approximate surface area is 97.5 Å². The van der Waals surface area contributed by atoms with Crippen LogP contribution in [0.25, 0.3) is 0 Å². The molecule has 0 aliphatic rings. The van der Waals surface area contributed by atoms with Crippen molar-refractivity contribution in [1.82, 2.24) is 5.43 Å². The van der Waals surface area contributed by atoms with E-state index in [2.05, 4.69) is 0 Å². The van der Waals surface area contributed by atoms with Crippen molar-refractivity contribution in [2.24, 2.45) is 5.84 Å². The highest BCUT2D eigenvalue weighted by atomic mass is 35.5. The summed E-state index contributed by atoms with van der Waals surface area (Å²) in [5, 5.41) is -3.45. The first-order valence-corrected chi connectivity index (χ1v) is 4.95. The minimum Gasteiger partial charge on any atom is -0.497 e. The average molecular weight is 251 g/mol. The molecule has 0 spiro atoms. The second-order valence-corrected chi connectivity index (χ2v) is 3.87. The number of hydrogen-bond acceptors (Lipinski definition) is 3. The van der Waals surface area contributed by atoms with Gasteiger partial charge in [-0.3, -0.25) is 5.84 Å². The number of hydrazine groups is 1. The highest BCUT2D eigenvalue weighted by Crippen LogP contribution is 2.36. The summed E-state index contributed by atoms with van der Waals surface area (Å²) in [6.45, 7) is 1.69. The van der Waals surface area contributed by atoms with Crippen molar-refractivity contribution in [2.75, 3.05) is 7.11 Å². The Balaban J connectivity index is 3.12. The molecule has 0 aliphatic carbocycles. The molecule has 1 aromatic carbocycles. The smallest absolute Gasteiger partial charge is 0.342 e. The highest BCUT2D eigenvalue weighted by Gasteiger charge is 2.38. The molecule has 1 rings (SSSR count). The molecule has 0 aliphatic heterocycles. The van der Waals surface area contributed by atoms with E-state index in [1.165, 1.54) is 13.2 Å². The maximum Gasteiger partial charge on any atom is 0.342 e. The molecule has 0 saturated carbocycles. The second-order valence-electron chi connectivity index (χ2n) is 3.36. The van der Waals surface area contributed by atoms with Crippen LogP contribution in [0.15, 0.2) is 18.2 Å². The summed E-state index contributed by atoms with van der Waals surface area (Å²) in [5.74, 6) is 5.68. The number of aryl methyl sites for hydroxylation is 1. The molecule has 0 amide bonds. The van der Waals surface area contributed by atoms with Gasteiger partial charge < -0.3 is 4.74 Å². The molecule has 0 radical (unpaired) electrons. The van der Waals surface area contributed by atoms with E-state index in [9.17, 15) is 8.78 Å². The molecule has 3 N–H and O–H groups in total. The number of nitrogens with two attached hydrogens (primary N) is 1. The summed E-state index contributed by atoms with van der Waals surface area (Å²) in [7, 11) is 1.50. The highest BCUT2D eigenvalue weighted by molar-refractivity contribution is 6.22. The third-order valence-corrected chi connectivity index (χ3v) is 2.50. The number of halogens is 3. The van der Waals surface area contributed by atoms with E-state index in [0.29, 0.717) is 16.9 Å². The van der Waals surface area contributed by atoms with Gasteiger partial charge in [0.1, 0.15) is 11.8 Å². The van der Waals surface area contributed by atoms with Crippen LogP contribution in [0.4, 0.5) is 8.78 Å². The third kappa shape index (κ3) is 2.81. The second kappa shape index (κ2) is 4.95. The summed E-state index contributed by atoms with van der Waals surface area (Å²) in [6, 6.07) is 3.30. The van der Waals surface area contributed by atoms with Gasteiger partial charge in [0.05, 0.1) is 7.11 Å². The van der Waals surface area contributed by atoms with Gasteiger partial charge in [-0.05, 0) is 41.8 Å². The normalized spacial score (nSPS) is 13.6. The molecular formula is C10H13ClF2N2O. The minimum absolute atomic E-state index is 0.336. The average Bonchev–Trinajstić information content (AvgIpc) is 2.19. The van der Waals surface area contributed by atoms with E-state index in [-0.39, 0.29) is 0 Å². The molecule has 90 valence electrons. The topological polar surface area (TPSA) is 47.3 Å². The van der Waals surface area contributed by atoms with Gasteiger partial charge in [0.15, 0.2) is 0 Å². The van der Waals surface area contributed by atoms with Crippen LogP contribution >= 0.6 is 11.6 Å². The van der Waals surface area contributed by atoms with Crippen LogP contribution < -0.4 is 16.0 Å². The molecule has 16 heavy (non-hydrogen) atoms. The fourth-order valence-corrected chi connectivity index (χ4v) is 1.64. The van der Waals surface area contributed by atoms with E-state index in [1.54, 1.807) is 19.1 Å². The lowest BCUT2D eigenvalue weighted by atomic mass is 10.0. The number of alkyl halides is 3. The maximum atomic E-state index is 13.0. The standard InChI is InChI=1S/C10H13ClF2N2O/c1-6-5-7(16-2)3-4-8(6)9(15-14)10(11,12)13/h3-5,9,15H,14H2,1-2H3. The van der Waals surface area contributed by atoms with Gasteiger partial charge in [-0.25, -0.2) is 5.43 Å². The van der Waals surface area contributed by atoms with Crippen LogP contribution in [0, 0.1) is 6.92 Å². The molecule has 0 fully saturated rings. The van der Waals surface area contributed by atoms with E-state index in [4.69, 9.17) is 22.2 Å². The van der Waals surface area contributed by atoms with Crippen LogP contribution in [0.3, 0.4) is 0 Å². The Hall–Kier alpha value is -0.910. The fourth-order valence-electron chi connectivity index (χ4n) is 1.46. The molecule has 0 bridgehead atoms. The van der Waals surface area contributed by atoms with Crippen molar-refractivity contribution in [1.29, 1.82) is 0 Å². The SMILES string of the molecule is COc1ccc(C(NN)C(F)(F)Cl)c(C)c1. The molecule has 3 nitrogen and oxygen atoms in total. The van der Waals surface area contributed by atoms with Crippen molar-refractivity contribution in [3.63, 3.8) is 0 Å². The Bertz CT molecular complexity index is 368. The first-order chi connectivity index (χ1) is 7.40. The number of rotatable bonds is 4. The van der Waals surface area contributed by atoms with Crippen LogP contribution in [0.1, 0.15) is 17.2 Å².